The lowest BCUT2D eigenvalue weighted by molar-refractivity contribution is 0.128. The summed E-state index contributed by atoms with van der Waals surface area (Å²) in [6.45, 7) is 7.94. The number of rotatable bonds is 7. The van der Waals surface area contributed by atoms with Crippen LogP contribution in [0.15, 0.2) is 30.3 Å². The Morgan fingerprint density at radius 3 is 2.62 bits per heavy atom. The minimum atomic E-state index is 0.415. The fourth-order valence-corrected chi connectivity index (χ4v) is 1.96. The van der Waals surface area contributed by atoms with Gasteiger partial charge in [-0.25, -0.2) is 9.97 Å². The van der Waals surface area contributed by atoms with Crippen molar-refractivity contribution in [2.24, 2.45) is 0 Å². The summed E-state index contributed by atoms with van der Waals surface area (Å²) < 4.78 is 5.40. The summed E-state index contributed by atoms with van der Waals surface area (Å²) in [6, 6.07) is 10.1. The number of hydrogen-bond acceptors (Lipinski definition) is 5. The van der Waals surface area contributed by atoms with Gasteiger partial charge in [0.05, 0.1) is 0 Å². The van der Waals surface area contributed by atoms with Crippen LogP contribution >= 0.6 is 0 Å². The van der Waals surface area contributed by atoms with E-state index in [2.05, 4.69) is 39.7 Å². The minimum Gasteiger partial charge on any atom is -0.374 e. The fraction of sp³-hybridized carbons (Fsp3) is 0.375. The molecule has 0 amide bonds. The number of nitrogens with zero attached hydrogens (tertiary/aromatic N) is 2. The van der Waals surface area contributed by atoms with Crippen LogP contribution in [0.2, 0.25) is 0 Å². The molecular weight excluding hydrogens is 264 g/mol. The maximum absolute atomic E-state index is 5.40. The predicted molar refractivity (Wildman–Crippen MR) is 86.0 cm³/mol. The van der Waals surface area contributed by atoms with Crippen LogP contribution in [-0.2, 0) is 11.3 Å². The Kier molecular flexibility index (Phi) is 5.51. The van der Waals surface area contributed by atoms with Crippen molar-refractivity contribution in [3.8, 4) is 0 Å². The molecule has 0 atom stereocenters. The Bertz CT molecular complexity index is 586. The molecule has 0 saturated carbocycles. The van der Waals surface area contributed by atoms with Crippen molar-refractivity contribution in [1.29, 1.82) is 0 Å². The van der Waals surface area contributed by atoms with E-state index in [0.717, 1.165) is 23.9 Å². The van der Waals surface area contributed by atoms with Crippen LogP contribution in [0.4, 0.5) is 17.3 Å². The van der Waals surface area contributed by atoms with Gasteiger partial charge in [0.1, 0.15) is 18.2 Å². The standard InChI is InChI=1S/C16H22N4O/c1-4-17-14-10-15(20-16(19-14)11-21-5-2)18-13-8-6-7-12(3)9-13/h6-10H,4-5,11H2,1-3H3,(H2,17,18,19,20). The molecule has 0 radical (unpaired) electrons. The van der Waals surface area contributed by atoms with Gasteiger partial charge in [0.15, 0.2) is 5.82 Å². The molecule has 2 aromatic rings. The highest BCUT2D eigenvalue weighted by Crippen LogP contribution is 2.18. The SMILES string of the molecule is CCNc1cc(Nc2cccc(C)c2)nc(COCC)n1. The minimum absolute atomic E-state index is 0.415. The summed E-state index contributed by atoms with van der Waals surface area (Å²) in [5.41, 5.74) is 2.22. The van der Waals surface area contributed by atoms with Gasteiger partial charge in [-0.05, 0) is 38.5 Å². The monoisotopic (exact) mass is 286 g/mol. The van der Waals surface area contributed by atoms with E-state index in [0.29, 0.717) is 19.0 Å². The second kappa shape index (κ2) is 7.59. The van der Waals surface area contributed by atoms with E-state index in [4.69, 9.17) is 4.74 Å². The van der Waals surface area contributed by atoms with E-state index in [1.807, 2.05) is 32.0 Å². The van der Waals surface area contributed by atoms with Crippen LogP contribution < -0.4 is 10.6 Å². The molecule has 0 unspecified atom stereocenters. The normalized spacial score (nSPS) is 10.4. The first-order chi connectivity index (χ1) is 10.2. The van der Waals surface area contributed by atoms with Gasteiger partial charge in [0.2, 0.25) is 0 Å². The molecule has 0 fully saturated rings. The number of hydrogen-bond donors (Lipinski definition) is 2. The quantitative estimate of drug-likeness (QED) is 0.816. The van der Waals surface area contributed by atoms with Crippen molar-refractivity contribution >= 4 is 17.3 Å². The second-order valence-electron chi connectivity index (χ2n) is 4.72. The van der Waals surface area contributed by atoms with Gasteiger partial charge in [-0.1, -0.05) is 12.1 Å². The van der Waals surface area contributed by atoms with Gasteiger partial charge in [0, 0.05) is 24.9 Å². The van der Waals surface area contributed by atoms with Gasteiger partial charge in [-0.3, -0.25) is 0 Å². The summed E-state index contributed by atoms with van der Waals surface area (Å²) >= 11 is 0. The number of nitrogens with one attached hydrogen (secondary N) is 2. The smallest absolute Gasteiger partial charge is 0.158 e. The van der Waals surface area contributed by atoms with Crippen LogP contribution in [0.5, 0.6) is 0 Å². The van der Waals surface area contributed by atoms with Crippen molar-refractivity contribution in [2.45, 2.75) is 27.4 Å². The highest BCUT2D eigenvalue weighted by Gasteiger charge is 2.05. The first kappa shape index (κ1) is 15.3. The third-order valence-corrected chi connectivity index (χ3v) is 2.86. The van der Waals surface area contributed by atoms with Crippen LogP contribution in [0.25, 0.3) is 0 Å². The summed E-state index contributed by atoms with van der Waals surface area (Å²) in [4.78, 5) is 8.92. The summed E-state index contributed by atoms with van der Waals surface area (Å²) in [6.07, 6.45) is 0. The molecule has 1 aromatic heterocycles. The molecule has 0 aliphatic heterocycles. The van der Waals surface area contributed by atoms with Crippen molar-refractivity contribution in [3.05, 3.63) is 41.7 Å². The van der Waals surface area contributed by atoms with Crippen molar-refractivity contribution < 1.29 is 4.74 Å². The van der Waals surface area contributed by atoms with Crippen LogP contribution in [0.3, 0.4) is 0 Å². The molecule has 0 aliphatic carbocycles. The molecule has 0 spiro atoms. The lowest BCUT2D eigenvalue weighted by atomic mass is 10.2. The molecule has 2 N–H and O–H groups in total. The molecule has 1 aromatic carbocycles. The largest absolute Gasteiger partial charge is 0.374 e. The van der Waals surface area contributed by atoms with E-state index in [1.165, 1.54) is 5.56 Å². The second-order valence-corrected chi connectivity index (χ2v) is 4.72. The number of anilines is 3. The lowest BCUT2D eigenvalue weighted by Crippen LogP contribution is -2.07. The van der Waals surface area contributed by atoms with E-state index >= 15 is 0 Å². The Labute approximate surface area is 125 Å². The van der Waals surface area contributed by atoms with E-state index in [9.17, 15) is 0 Å². The maximum atomic E-state index is 5.40. The molecule has 5 heteroatoms. The zero-order valence-electron chi connectivity index (χ0n) is 12.8. The van der Waals surface area contributed by atoms with Crippen LogP contribution in [-0.4, -0.2) is 23.1 Å². The molecule has 112 valence electrons. The van der Waals surface area contributed by atoms with E-state index < -0.39 is 0 Å². The first-order valence-corrected chi connectivity index (χ1v) is 7.24. The Morgan fingerprint density at radius 2 is 1.90 bits per heavy atom. The number of ether oxygens (including phenoxy) is 1. The third-order valence-electron chi connectivity index (χ3n) is 2.86. The number of benzene rings is 1. The van der Waals surface area contributed by atoms with E-state index in [1.54, 1.807) is 0 Å². The topological polar surface area (TPSA) is 59.1 Å². The first-order valence-electron chi connectivity index (χ1n) is 7.24. The average Bonchev–Trinajstić information content (AvgIpc) is 2.45. The fourth-order valence-electron chi connectivity index (χ4n) is 1.96. The highest BCUT2D eigenvalue weighted by atomic mass is 16.5. The van der Waals surface area contributed by atoms with Gasteiger partial charge in [-0.2, -0.15) is 0 Å². The third kappa shape index (κ3) is 4.72. The highest BCUT2D eigenvalue weighted by molar-refractivity contribution is 5.59. The zero-order chi connectivity index (χ0) is 15.1. The molecule has 0 bridgehead atoms. The van der Waals surface area contributed by atoms with Crippen molar-refractivity contribution in [1.82, 2.24) is 9.97 Å². The number of aromatic nitrogens is 2. The van der Waals surface area contributed by atoms with Gasteiger partial charge < -0.3 is 15.4 Å². The molecule has 2 rings (SSSR count). The zero-order valence-corrected chi connectivity index (χ0v) is 12.8. The van der Waals surface area contributed by atoms with Crippen molar-refractivity contribution in [2.75, 3.05) is 23.8 Å². The van der Waals surface area contributed by atoms with Gasteiger partial charge in [-0.15, -0.1) is 0 Å². The van der Waals surface area contributed by atoms with Crippen LogP contribution in [0.1, 0.15) is 25.2 Å². The Balaban J connectivity index is 2.22. The molecule has 0 aliphatic rings. The molecule has 0 saturated heterocycles. The Morgan fingerprint density at radius 1 is 1.10 bits per heavy atom. The average molecular weight is 286 g/mol. The summed E-state index contributed by atoms with van der Waals surface area (Å²) in [5, 5.41) is 6.53. The summed E-state index contributed by atoms with van der Waals surface area (Å²) in [5.74, 6) is 2.24. The van der Waals surface area contributed by atoms with Crippen LogP contribution in [0, 0.1) is 6.92 Å². The lowest BCUT2D eigenvalue weighted by Gasteiger charge is -2.11. The van der Waals surface area contributed by atoms with Crippen molar-refractivity contribution in [3.63, 3.8) is 0 Å². The molecule has 21 heavy (non-hydrogen) atoms. The van der Waals surface area contributed by atoms with Gasteiger partial charge in [0.25, 0.3) is 0 Å². The maximum Gasteiger partial charge on any atom is 0.158 e. The molecular formula is C16H22N4O. The summed E-state index contributed by atoms with van der Waals surface area (Å²) in [7, 11) is 0. The predicted octanol–water partition coefficient (Wildman–Crippen LogP) is 3.50. The molecule has 1 heterocycles. The molecule has 5 nitrogen and oxygen atoms in total. The van der Waals surface area contributed by atoms with E-state index in [-0.39, 0.29) is 0 Å². The number of aryl methyl sites for hydroxylation is 1. The Hall–Kier alpha value is -2.14. The van der Waals surface area contributed by atoms with Gasteiger partial charge >= 0.3 is 0 Å².